The number of nitrogens with one attached hydrogen (secondary N) is 1. The number of hydrogen-bond acceptors (Lipinski definition) is 11. The Morgan fingerprint density at radius 3 is 2.61 bits per heavy atom. The normalized spacial score (nSPS) is 14.3. The number of anilines is 4. The lowest BCUT2D eigenvalue weighted by molar-refractivity contribution is -0.140. The molecule has 1 aliphatic rings. The number of rotatable bonds is 4. The summed E-state index contributed by atoms with van der Waals surface area (Å²) in [5.74, 6) is -0.0794. The fourth-order valence-electron chi connectivity index (χ4n) is 2.83. The van der Waals surface area contributed by atoms with E-state index in [9.17, 15) is 13.2 Å². The molecule has 0 unspecified atom stereocenters. The summed E-state index contributed by atoms with van der Waals surface area (Å²) in [6.45, 7) is 1.83. The number of thiazole rings is 1. The second-order valence-corrected chi connectivity index (χ2v) is 7.32. The molecule has 0 aromatic carbocycles. The van der Waals surface area contributed by atoms with E-state index in [4.69, 9.17) is 15.7 Å². The molecule has 14 heteroatoms. The minimum Gasteiger partial charge on any atom is -0.378 e. The van der Waals surface area contributed by atoms with Gasteiger partial charge >= 0.3 is 6.18 Å². The number of alkyl halides is 3. The lowest BCUT2D eigenvalue weighted by Crippen LogP contribution is -2.37. The highest BCUT2D eigenvalue weighted by Gasteiger charge is 2.37. The number of hydrogen-bond donors (Lipinski definition) is 2. The van der Waals surface area contributed by atoms with Crippen LogP contribution in [0.5, 0.6) is 0 Å². The molecule has 0 saturated carbocycles. The Morgan fingerprint density at radius 2 is 1.94 bits per heavy atom. The number of nitrogens with two attached hydrogens (primary N) is 1. The van der Waals surface area contributed by atoms with Gasteiger partial charge in [0.25, 0.3) is 0 Å². The molecule has 4 heterocycles. The van der Waals surface area contributed by atoms with Crippen LogP contribution in [-0.4, -0.2) is 51.2 Å². The van der Waals surface area contributed by atoms with Crippen LogP contribution in [0.1, 0.15) is 10.6 Å². The molecule has 10 nitrogen and oxygen atoms in total. The molecule has 0 amide bonds. The quantitative estimate of drug-likeness (QED) is 0.610. The Bertz CT molecular complexity index is 1140. The molecule has 31 heavy (non-hydrogen) atoms. The molecule has 4 rings (SSSR count). The molecule has 0 aliphatic carbocycles. The van der Waals surface area contributed by atoms with E-state index < -0.39 is 17.8 Å². The van der Waals surface area contributed by atoms with Gasteiger partial charge in [0.15, 0.2) is 10.8 Å². The topological polar surface area (TPSA) is 139 Å². The molecule has 0 radical (unpaired) electrons. The molecular weight excluding hydrogens is 435 g/mol. The highest BCUT2D eigenvalue weighted by atomic mass is 32.1. The Labute approximate surface area is 177 Å². The van der Waals surface area contributed by atoms with Crippen molar-refractivity contribution in [3.8, 4) is 17.3 Å². The highest BCUT2D eigenvalue weighted by Crippen LogP contribution is 2.36. The number of aromatic nitrogens is 5. The van der Waals surface area contributed by atoms with Crippen LogP contribution in [0.3, 0.4) is 0 Å². The van der Waals surface area contributed by atoms with E-state index in [0.29, 0.717) is 36.3 Å². The zero-order valence-electron chi connectivity index (χ0n) is 15.7. The number of nitrogen functional groups attached to an aromatic ring is 1. The van der Waals surface area contributed by atoms with E-state index in [1.165, 1.54) is 12.3 Å². The average Bonchev–Trinajstić information content (AvgIpc) is 3.21. The predicted molar refractivity (Wildman–Crippen MR) is 106 cm³/mol. The van der Waals surface area contributed by atoms with Crippen LogP contribution in [0.25, 0.3) is 11.3 Å². The van der Waals surface area contributed by atoms with E-state index in [1.54, 1.807) is 4.90 Å². The lowest BCUT2D eigenvalue weighted by atomic mass is 10.1. The van der Waals surface area contributed by atoms with Gasteiger partial charge in [-0.15, -0.1) is 0 Å². The van der Waals surface area contributed by atoms with Gasteiger partial charge in [0, 0.05) is 30.9 Å². The van der Waals surface area contributed by atoms with Gasteiger partial charge in [-0.05, 0) is 0 Å². The minimum absolute atomic E-state index is 0.0385. The first-order chi connectivity index (χ1) is 14.8. The van der Waals surface area contributed by atoms with Crippen LogP contribution in [0, 0.1) is 11.3 Å². The van der Waals surface area contributed by atoms with Crippen molar-refractivity contribution in [3.63, 3.8) is 0 Å². The van der Waals surface area contributed by atoms with Gasteiger partial charge < -0.3 is 20.7 Å². The first kappa shape index (κ1) is 20.7. The first-order valence-corrected chi connectivity index (χ1v) is 9.70. The molecule has 1 aliphatic heterocycles. The third-order valence-electron chi connectivity index (χ3n) is 4.21. The predicted octanol–water partition coefficient (Wildman–Crippen LogP) is 2.44. The number of nitrogens with zero attached hydrogens (tertiary/aromatic N) is 7. The maximum atomic E-state index is 13.6. The van der Waals surface area contributed by atoms with E-state index in [0.717, 1.165) is 17.5 Å². The van der Waals surface area contributed by atoms with E-state index >= 15 is 0 Å². The Morgan fingerprint density at radius 1 is 1.16 bits per heavy atom. The Balaban J connectivity index is 1.81. The first-order valence-electron chi connectivity index (χ1n) is 8.88. The van der Waals surface area contributed by atoms with Crippen molar-refractivity contribution in [2.24, 2.45) is 0 Å². The second kappa shape index (κ2) is 8.28. The van der Waals surface area contributed by atoms with Crippen LogP contribution in [0.2, 0.25) is 0 Å². The van der Waals surface area contributed by atoms with Crippen LogP contribution in [-0.2, 0) is 10.9 Å². The van der Waals surface area contributed by atoms with Crippen molar-refractivity contribution in [2.75, 3.05) is 42.3 Å². The summed E-state index contributed by atoms with van der Waals surface area (Å²) in [6.07, 6.45) is -2.40. The second-order valence-electron chi connectivity index (χ2n) is 6.29. The Kier molecular flexibility index (Phi) is 5.53. The lowest BCUT2D eigenvalue weighted by Gasteiger charge is -2.27. The zero-order chi connectivity index (χ0) is 22.0. The van der Waals surface area contributed by atoms with Gasteiger partial charge in [-0.1, -0.05) is 11.3 Å². The van der Waals surface area contributed by atoms with Gasteiger partial charge in [-0.2, -0.15) is 23.4 Å². The fourth-order valence-corrected chi connectivity index (χ4v) is 3.45. The van der Waals surface area contributed by atoms with Crippen molar-refractivity contribution in [2.45, 2.75) is 6.18 Å². The minimum atomic E-state index is -4.76. The number of ether oxygens (including phenoxy) is 1. The monoisotopic (exact) mass is 449 g/mol. The standard InChI is InChI=1S/C17H14F3N9OS/c18-17(19,20)13-10(8-23-14(22)28-13)11-5-12(27-16-24-7-9(6-21)31-16)26-15(25-11)29-1-3-30-4-2-29/h5,7-8H,1-4H2,(H2,22,23,28)(H,24,25,26,27). The molecule has 3 aromatic rings. The Hall–Kier alpha value is -3.57. The van der Waals surface area contributed by atoms with Crippen molar-refractivity contribution >= 4 is 34.2 Å². The molecule has 1 fully saturated rings. The van der Waals surface area contributed by atoms with E-state index in [1.807, 2.05) is 6.07 Å². The summed E-state index contributed by atoms with van der Waals surface area (Å²) in [5.41, 5.74) is 3.80. The van der Waals surface area contributed by atoms with Crippen LogP contribution >= 0.6 is 11.3 Å². The maximum absolute atomic E-state index is 13.6. The molecule has 160 valence electrons. The molecule has 0 bridgehead atoms. The summed E-state index contributed by atoms with van der Waals surface area (Å²) in [4.78, 5) is 22.0. The van der Waals surface area contributed by atoms with Gasteiger partial charge in [-0.25, -0.2) is 19.9 Å². The van der Waals surface area contributed by atoms with Gasteiger partial charge in [0.05, 0.1) is 25.1 Å². The summed E-state index contributed by atoms with van der Waals surface area (Å²) in [7, 11) is 0. The summed E-state index contributed by atoms with van der Waals surface area (Å²) < 4.78 is 46.1. The van der Waals surface area contributed by atoms with Gasteiger partial charge in [0.1, 0.15) is 16.8 Å². The van der Waals surface area contributed by atoms with E-state index in [-0.39, 0.29) is 23.0 Å². The van der Waals surface area contributed by atoms with Crippen LogP contribution in [0.4, 0.5) is 36.0 Å². The highest BCUT2D eigenvalue weighted by molar-refractivity contribution is 7.16. The van der Waals surface area contributed by atoms with Gasteiger partial charge in [0.2, 0.25) is 11.9 Å². The van der Waals surface area contributed by atoms with Crippen molar-refractivity contribution in [1.82, 2.24) is 24.9 Å². The fraction of sp³-hybridized carbons (Fsp3) is 0.294. The van der Waals surface area contributed by atoms with Crippen molar-refractivity contribution in [1.29, 1.82) is 5.26 Å². The summed E-state index contributed by atoms with van der Waals surface area (Å²) >= 11 is 1.08. The maximum Gasteiger partial charge on any atom is 0.434 e. The molecular formula is C17H14F3N9OS. The molecule has 1 saturated heterocycles. The van der Waals surface area contributed by atoms with Crippen molar-refractivity contribution in [3.05, 3.63) is 29.0 Å². The van der Waals surface area contributed by atoms with Crippen molar-refractivity contribution < 1.29 is 17.9 Å². The SMILES string of the molecule is N#Cc1cnc(Nc2cc(-c3cnc(N)nc3C(F)(F)F)nc(N3CCOCC3)n2)s1. The number of nitriles is 1. The smallest absolute Gasteiger partial charge is 0.378 e. The zero-order valence-corrected chi connectivity index (χ0v) is 16.5. The van der Waals surface area contributed by atoms with Crippen LogP contribution in [0.15, 0.2) is 18.5 Å². The third-order valence-corrected chi connectivity index (χ3v) is 5.03. The number of morpholine rings is 1. The molecule has 3 aromatic heterocycles. The van der Waals surface area contributed by atoms with Gasteiger partial charge in [-0.3, -0.25) is 0 Å². The third kappa shape index (κ3) is 4.62. The molecule has 0 atom stereocenters. The average molecular weight is 449 g/mol. The largest absolute Gasteiger partial charge is 0.434 e. The summed E-state index contributed by atoms with van der Waals surface area (Å²) in [6, 6.07) is 3.31. The molecule has 0 spiro atoms. The molecule has 3 N–H and O–H groups in total. The van der Waals surface area contributed by atoms with Crippen LogP contribution < -0.4 is 16.0 Å². The summed E-state index contributed by atoms with van der Waals surface area (Å²) in [5, 5.41) is 12.2. The number of halogens is 3. The van der Waals surface area contributed by atoms with E-state index in [2.05, 4.69) is 30.2 Å².